The predicted octanol–water partition coefficient (Wildman–Crippen LogP) is 11.9. The van der Waals surface area contributed by atoms with Crippen molar-refractivity contribution in [3.8, 4) is 34.7 Å². The molecule has 0 fully saturated rings. The number of para-hydroxylation sites is 4. The van der Waals surface area contributed by atoms with Gasteiger partial charge in [0.25, 0.3) is 0 Å². The minimum atomic E-state index is 0.276. The van der Waals surface area contributed by atoms with Crippen molar-refractivity contribution in [3.63, 3.8) is 0 Å². The van der Waals surface area contributed by atoms with E-state index < -0.39 is 0 Å². The molecule has 57 heavy (non-hydrogen) atoms. The average Bonchev–Trinajstić information content (AvgIpc) is 3.93. The van der Waals surface area contributed by atoms with E-state index in [9.17, 15) is 0 Å². The first-order chi connectivity index (χ1) is 28.3. The highest BCUT2D eigenvalue weighted by atomic mass is 15.2. The Balaban J connectivity index is 1.11. The second-order valence-corrected chi connectivity index (χ2v) is 14.6. The van der Waals surface area contributed by atoms with Crippen molar-refractivity contribution in [2.45, 2.75) is 12.3 Å². The zero-order valence-electron chi connectivity index (χ0n) is 30.7. The average molecular weight is 732 g/mol. The molecule has 1 unspecified atom stereocenters. The zero-order chi connectivity index (χ0) is 37.5. The van der Waals surface area contributed by atoms with Crippen LogP contribution in [0.25, 0.3) is 78.3 Å². The van der Waals surface area contributed by atoms with Gasteiger partial charge in [-0.15, -0.1) is 0 Å². The topological polar surface area (TPSA) is 64.7 Å². The molecule has 0 spiro atoms. The molecule has 0 saturated heterocycles. The van der Waals surface area contributed by atoms with E-state index in [0.29, 0.717) is 23.3 Å². The molecule has 1 aliphatic carbocycles. The number of pyridine rings is 1. The van der Waals surface area contributed by atoms with Crippen LogP contribution in [0.15, 0.2) is 188 Å². The van der Waals surface area contributed by atoms with E-state index >= 15 is 0 Å². The highest BCUT2D eigenvalue weighted by Crippen LogP contribution is 2.55. The van der Waals surface area contributed by atoms with Crippen molar-refractivity contribution in [1.29, 1.82) is 0 Å². The fourth-order valence-electron chi connectivity index (χ4n) is 9.05. The Morgan fingerprint density at radius 3 is 1.89 bits per heavy atom. The van der Waals surface area contributed by atoms with Crippen molar-refractivity contribution >= 4 is 55.0 Å². The van der Waals surface area contributed by atoms with Gasteiger partial charge in [-0.2, -0.15) is 9.97 Å². The number of hydrogen-bond donors (Lipinski definition) is 0. The molecule has 0 saturated carbocycles. The Hall–Kier alpha value is -7.64. The largest absolute Gasteiger partial charge is 0.313 e. The van der Waals surface area contributed by atoms with Gasteiger partial charge in [0, 0.05) is 44.4 Å². The van der Waals surface area contributed by atoms with Crippen molar-refractivity contribution in [1.82, 2.24) is 29.1 Å². The van der Waals surface area contributed by atoms with E-state index in [4.69, 9.17) is 19.9 Å². The lowest BCUT2D eigenvalue weighted by atomic mass is 9.91. The van der Waals surface area contributed by atoms with E-state index in [-0.39, 0.29) is 5.92 Å². The summed E-state index contributed by atoms with van der Waals surface area (Å²) in [4.78, 5) is 23.4. The summed E-state index contributed by atoms with van der Waals surface area (Å²) in [5.41, 5.74) is 10.8. The van der Waals surface area contributed by atoms with E-state index in [0.717, 1.165) is 50.9 Å². The summed E-state index contributed by atoms with van der Waals surface area (Å²) in [6, 6.07) is 57.1. The lowest BCUT2D eigenvalue weighted by molar-refractivity contribution is 0.819. The van der Waals surface area contributed by atoms with Gasteiger partial charge < -0.3 is 4.90 Å². The molecule has 0 radical (unpaired) electrons. The van der Waals surface area contributed by atoms with Gasteiger partial charge in [-0.05, 0) is 66.6 Å². The summed E-state index contributed by atoms with van der Waals surface area (Å²) >= 11 is 0. The molecule has 12 rings (SSSR count). The molecule has 6 aromatic carbocycles. The number of aromatic nitrogens is 6. The van der Waals surface area contributed by atoms with Crippen LogP contribution in [0.5, 0.6) is 0 Å². The minimum Gasteiger partial charge on any atom is -0.313 e. The maximum absolute atomic E-state index is 5.30. The Labute approximate surface area is 328 Å². The summed E-state index contributed by atoms with van der Waals surface area (Å²) in [6.45, 7) is 0. The molecule has 0 N–H and O–H groups in total. The number of benzene rings is 6. The van der Waals surface area contributed by atoms with Gasteiger partial charge in [0.1, 0.15) is 11.5 Å². The SMILES string of the molecule is C1=CCC2C(=C1)N(c1ccccc1)c1c2ccc2c1c1ccccc1n2-c1nc(-c2ccccc2)nc(-c2cccc(-n3c4ccccc4c4ccccc43)n2)n1. The van der Waals surface area contributed by atoms with Gasteiger partial charge in [-0.3, -0.25) is 9.13 Å². The van der Waals surface area contributed by atoms with Crippen LogP contribution in [0.1, 0.15) is 17.9 Å². The number of allylic oxidation sites excluding steroid dienone is 4. The minimum absolute atomic E-state index is 0.276. The number of hydrogen-bond acceptors (Lipinski definition) is 5. The van der Waals surface area contributed by atoms with Crippen LogP contribution in [0.2, 0.25) is 0 Å². The van der Waals surface area contributed by atoms with Crippen LogP contribution in [0.4, 0.5) is 11.4 Å². The monoisotopic (exact) mass is 731 g/mol. The van der Waals surface area contributed by atoms with E-state index in [1.54, 1.807) is 0 Å². The molecule has 0 bridgehead atoms. The van der Waals surface area contributed by atoms with Gasteiger partial charge >= 0.3 is 0 Å². The quantitative estimate of drug-likeness (QED) is 0.176. The smallest absolute Gasteiger partial charge is 0.238 e. The Morgan fingerprint density at radius 1 is 0.491 bits per heavy atom. The first-order valence-electron chi connectivity index (χ1n) is 19.4. The summed E-state index contributed by atoms with van der Waals surface area (Å²) in [5.74, 6) is 2.70. The Kier molecular flexibility index (Phi) is 6.92. The van der Waals surface area contributed by atoms with E-state index in [2.05, 4.69) is 154 Å². The van der Waals surface area contributed by atoms with Crippen LogP contribution in [-0.4, -0.2) is 29.1 Å². The highest BCUT2D eigenvalue weighted by molar-refractivity contribution is 6.17. The van der Waals surface area contributed by atoms with Gasteiger partial charge in [-0.1, -0.05) is 127 Å². The first kappa shape index (κ1) is 31.7. The molecular formula is C50H33N7. The van der Waals surface area contributed by atoms with Crippen LogP contribution in [-0.2, 0) is 0 Å². The Morgan fingerprint density at radius 2 is 1.14 bits per heavy atom. The number of anilines is 2. The van der Waals surface area contributed by atoms with Crippen molar-refractivity contribution in [3.05, 3.63) is 193 Å². The normalized spacial score (nSPS) is 14.8. The highest BCUT2D eigenvalue weighted by Gasteiger charge is 2.37. The third-order valence-corrected chi connectivity index (χ3v) is 11.5. The molecule has 1 aliphatic heterocycles. The summed E-state index contributed by atoms with van der Waals surface area (Å²) in [5, 5.41) is 4.69. The molecule has 4 aromatic heterocycles. The number of fused-ring (bicyclic) bond motifs is 10. The van der Waals surface area contributed by atoms with Gasteiger partial charge in [0.2, 0.25) is 5.95 Å². The summed E-state index contributed by atoms with van der Waals surface area (Å²) in [7, 11) is 0. The molecule has 5 heterocycles. The lowest BCUT2D eigenvalue weighted by Gasteiger charge is -2.25. The fourth-order valence-corrected chi connectivity index (χ4v) is 9.05. The molecule has 10 aromatic rings. The van der Waals surface area contributed by atoms with Gasteiger partial charge in [0.05, 0.1) is 27.8 Å². The van der Waals surface area contributed by atoms with Crippen LogP contribution < -0.4 is 4.90 Å². The van der Waals surface area contributed by atoms with Crippen molar-refractivity contribution in [2.75, 3.05) is 4.90 Å². The molecule has 268 valence electrons. The standard InChI is InChI=1S/C50H33N7/c1-3-16-32(17-4-1)48-52-49(39-24-15-29-45(51-39)56-41-26-12-7-20-34(41)35-21-8-13-27-42(35)56)54-50(53-48)57-43-28-14-10-23-38(43)46-44(57)31-30-37-36-22-9-11-25-40(36)55(47(37)46)33-18-5-2-6-19-33/h1-21,23-31,36H,22H2. The lowest BCUT2D eigenvalue weighted by Crippen LogP contribution is -2.14. The third kappa shape index (κ3) is 4.79. The molecule has 2 aliphatic rings. The molecule has 0 amide bonds. The Bertz CT molecular complexity index is 3230. The van der Waals surface area contributed by atoms with Crippen LogP contribution >= 0.6 is 0 Å². The van der Waals surface area contributed by atoms with Crippen LogP contribution in [0.3, 0.4) is 0 Å². The molecule has 7 nitrogen and oxygen atoms in total. The van der Waals surface area contributed by atoms with E-state index in [1.807, 2.05) is 42.5 Å². The van der Waals surface area contributed by atoms with Crippen molar-refractivity contribution in [2.24, 2.45) is 0 Å². The number of rotatable bonds is 5. The van der Waals surface area contributed by atoms with Gasteiger partial charge in [-0.25, -0.2) is 9.97 Å². The third-order valence-electron chi connectivity index (χ3n) is 11.5. The number of nitrogens with zero attached hydrogens (tertiary/aromatic N) is 7. The summed E-state index contributed by atoms with van der Waals surface area (Å²) < 4.78 is 4.43. The summed E-state index contributed by atoms with van der Waals surface area (Å²) in [6.07, 6.45) is 7.71. The molecule has 7 heteroatoms. The first-order valence-corrected chi connectivity index (χ1v) is 19.4. The van der Waals surface area contributed by atoms with Gasteiger partial charge in [0.15, 0.2) is 11.6 Å². The predicted molar refractivity (Wildman–Crippen MR) is 230 cm³/mol. The fraction of sp³-hybridized carbons (Fsp3) is 0.0400. The van der Waals surface area contributed by atoms with Crippen molar-refractivity contribution < 1.29 is 0 Å². The van der Waals surface area contributed by atoms with Crippen LogP contribution in [0, 0.1) is 0 Å². The van der Waals surface area contributed by atoms with E-state index in [1.165, 1.54) is 33.1 Å². The maximum Gasteiger partial charge on any atom is 0.238 e. The second kappa shape index (κ2) is 12.4. The zero-order valence-corrected chi connectivity index (χ0v) is 30.7. The molecular weight excluding hydrogens is 699 g/mol. The molecule has 1 atom stereocenters. The maximum atomic E-state index is 5.30. The second-order valence-electron chi connectivity index (χ2n) is 14.6.